The molecule has 0 radical (unpaired) electrons. The minimum absolute atomic E-state index is 0.0452. The number of phenolic OH excluding ortho intramolecular Hbond substituents is 3. The van der Waals surface area contributed by atoms with Crippen LogP contribution in [0.1, 0.15) is 59.1 Å². The zero-order valence-electron chi connectivity index (χ0n) is 20.2. The van der Waals surface area contributed by atoms with Gasteiger partial charge in [0.2, 0.25) is 5.78 Å². The van der Waals surface area contributed by atoms with Crippen LogP contribution < -0.4 is 5.63 Å². The van der Waals surface area contributed by atoms with Crippen molar-refractivity contribution in [3.05, 3.63) is 97.2 Å². The molecular weight excluding hydrogens is 462 g/mol. The zero-order valence-corrected chi connectivity index (χ0v) is 20.2. The molecule has 0 unspecified atom stereocenters. The van der Waals surface area contributed by atoms with E-state index in [2.05, 4.69) is 4.99 Å². The third kappa shape index (κ3) is 4.40. The molecular formula is C28H25NO7. The van der Waals surface area contributed by atoms with Gasteiger partial charge in [0.1, 0.15) is 34.3 Å². The Hall–Kier alpha value is -4.59. The number of hydrogen-bond acceptors (Lipinski definition) is 8. The number of aromatic hydroxyl groups is 4. The van der Waals surface area contributed by atoms with Crippen LogP contribution in [-0.2, 0) is 6.42 Å². The second-order valence-electron chi connectivity index (χ2n) is 8.75. The van der Waals surface area contributed by atoms with Crippen molar-refractivity contribution < 1.29 is 29.6 Å². The molecule has 4 N–H and O–H groups in total. The minimum Gasteiger partial charge on any atom is -0.508 e. The monoisotopic (exact) mass is 487 g/mol. The third-order valence-electron chi connectivity index (χ3n) is 6.32. The average molecular weight is 488 g/mol. The number of hydrogen-bond donors (Lipinski definition) is 4. The number of aliphatic imine (C=N–C) groups is 1. The molecule has 0 fully saturated rings. The van der Waals surface area contributed by atoms with Crippen molar-refractivity contribution in [2.75, 3.05) is 0 Å². The van der Waals surface area contributed by atoms with Crippen LogP contribution in [0.5, 0.6) is 23.0 Å². The first kappa shape index (κ1) is 24.5. The normalized spacial score (nSPS) is 14.4. The highest BCUT2D eigenvalue weighted by Gasteiger charge is 2.24. The van der Waals surface area contributed by atoms with Crippen LogP contribution in [0.15, 0.2) is 67.4 Å². The van der Waals surface area contributed by atoms with Crippen LogP contribution >= 0.6 is 0 Å². The number of ketones is 1. The van der Waals surface area contributed by atoms with Crippen LogP contribution in [0.2, 0.25) is 0 Å². The van der Waals surface area contributed by atoms with Gasteiger partial charge in [-0.2, -0.15) is 0 Å². The van der Waals surface area contributed by atoms with Gasteiger partial charge in [-0.1, -0.05) is 12.1 Å². The van der Waals surface area contributed by atoms with Gasteiger partial charge in [-0.3, -0.25) is 9.79 Å². The lowest BCUT2D eigenvalue weighted by molar-refractivity contribution is 0.103. The molecule has 0 atom stereocenters. The lowest BCUT2D eigenvalue weighted by atomic mass is 9.92. The van der Waals surface area contributed by atoms with Gasteiger partial charge < -0.3 is 24.8 Å². The summed E-state index contributed by atoms with van der Waals surface area (Å²) in [6, 6.07) is 8.07. The molecule has 0 amide bonds. The van der Waals surface area contributed by atoms with Gasteiger partial charge in [0.15, 0.2) is 0 Å². The molecule has 0 spiro atoms. The summed E-state index contributed by atoms with van der Waals surface area (Å²) in [6.07, 6.45) is 1.38. The summed E-state index contributed by atoms with van der Waals surface area (Å²) in [5.41, 5.74) is 2.92. The number of phenols is 3. The predicted molar refractivity (Wildman–Crippen MR) is 135 cm³/mol. The fraction of sp³-hybridized carbons (Fsp3) is 0.179. The van der Waals surface area contributed by atoms with Gasteiger partial charge in [0, 0.05) is 24.3 Å². The van der Waals surface area contributed by atoms with Crippen LogP contribution in [0.4, 0.5) is 0 Å². The van der Waals surface area contributed by atoms with Crippen LogP contribution in [0.25, 0.3) is 6.08 Å². The van der Waals surface area contributed by atoms with Gasteiger partial charge in [0.05, 0.1) is 16.8 Å². The van der Waals surface area contributed by atoms with Crippen LogP contribution in [-0.4, -0.2) is 31.9 Å². The molecule has 36 heavy (non-hydrogen) atoms. The molecule has 184 valence electrons. The molecule has 3 aromatic rings. The molecule has 0 bridgehead atoms. The van der Waals surface area contributed by atoms with Crippen molar-refractivity contribution in [3.63, 3.8) is 0 Å². The second kappa shape index (κ2) is 9.22. The van der Waals surface area contributed by atoms with Gasteiger partial charge in [-0.15, -0.1) is 0 Å². The van der Waals surface area contributed by atoms with Crippen LogP contribution in [0, 0.1) is 6.92 Å². The van der Waals surface area contributed by atoms with Gasteiger partial charge in [-0.25, -0.2) is 4.79 Å². The van der Waals surface area contributed by atoms with E-state index in [4.69, 9.17) is 4.42 Å². The third-order valence-corrected chi connectivity index (χ3v) is 6.32. The maximum absolute atomic E-state index is 13.3. The smallest absolute Gasteiger partial charge is 0.347 e. The number of rotatable bonds is 5. The maximum atomic E-state index is 13.3. The van der Waals surface area contributed by atoms with E-state index in [1.807, 2.05) is 20.8 Å². The number of aryl methyl sites for hydroxylation is 1. The van der Waals surface area contributed by atoms with E-state index in [-0.39, 0.29) is 46.1 Å². The Balaban J connectivity index is 1.74. The minimum atomic E-state index is -0.775. The van der Waals surface area contributed by atoms with E-state index >= 15 is 0 Å². The van der Waals surface area contributed by atoms with E-state index in [0.29, 0.717) is 16.8 Å². The quantitative estimate of drug-likeness (QED) is 0.381. The lowest BCUT2D eigenvalue weighted by Crippen LogP contribution is -2.10. The summed E-state index contributed by atoms with van der Waals surface area (Å²) < 4.78 is 5.44. The summed E-state index contributed by atoms with van der Waals surface area (Å²) in [4.78, 5) is 30.5. The van der Waals surface area contributed by atoms with Crippen molar-refractivity contribution in [2.45, 2.75) is 34.1 Å². The topological polar surface area (TPSA) is 141 Å². The fourth-order valence-electron chi connectivity index (χ4n) is 4.20. The number of nitrogens with zero attached hydrogens (tertiary/aromatic N) is 1. The van der Waals surface area contributed by atoms with E-state index < -0.39 is 17.2 Å². The molecule has 1 aromatic heterocycles. The van der Waals surface area contributed by atoms with Crippen molar-refractivity contribution in [1.82, 2.24) is 0 Å². The maximum Gasteiger partial charge on any atom is 0.347 e. The summed E-state index contributed by atoms with van der Waals surface area (Å²) in [5.74, 6) is -1.87. The van der Waals surface area contributed by atoms with Crippen molar-refractivity contribution in [1.29, 1.82) is 0 Å². The number of allylic oxidation sites excluding steroid dienone is 2. The predicted octanol–water partition coefficient (Wildman–Crippen LogP) is 4.74. The Morgan fingerprint density at radius 1 is 0.917 bits per heavy atom. The summed E-state index contributed by atoms with van der Waals surface area (Å²) in [6.45, 7) is 7.21. The molecule has 1 aliphatic rings. The zero-order chi connectivity index (χ0) is 26.3. The van der Waals surface area contributed by atoms with Crippen molar-refractivity contribution in [2.24, 2.45) is 4.99 Å². The van der Waals surface area contributed by atoms with E-state index in [1.54, 1.807) is 13.0 Å². The molecule has 1 aliphatic heterocycles. The second-order valence-corrected chi connectivity index (χ2v) is 8.75. The SMILES string of the molecule is CC1=NC(=Cc2c(O)cc(Cc3cccc(O)c3C(=O)c3c(C)cc(O)cc3O)oc2=O)C(C)=C1C. The van der Waals surface area contributed by atoms with E-state index in [1.165, 1.54) is 30.3 Å². The Morgan fingerprint density at radius 2 is 1.64 bits per heavy atom. The Bertz CT molecular complexity index is 1550. The first-order valence-electron chi connectivity index (χ1n) is 11.2. The van der Waals surface area contributed by atoms with E-state index in [0.717, 1.165) is 22.9 Å². The first-order chi connectivity index (χ1) is 17.0. The number of benzene rings is 2. The largest absolute Gasteiger partial charge is 0.508 e. The highest BCUT2D eigenvalue weighted by molar-refractivity contribution is 6.14. The molecule has 2 aromatic carbocycles. The molecule has 2 heterocycles. The summed E-state index contributed by atoms with van der Waals surface area (Å²) in [5, 5.41) is 41.0. The number of carbonyl (C=O) groups is 1. The molecule has 4 rings (SSSR count). The highest BCUT2D eigenvalue weighted by atomic mass is 16.4. The van der Waals surface area contributed by atoms with Crippen LogP contribution in [0.3, 0.4) is 0 Å². The highest BCUT2D eigenvalue weighted by Crippen LogP contribution is 2.34. The van der Waals surface area contributed by atoms with Gasteiger partial charge in [0.25, 0.3) is 0 Å². The molecule has 0 saturated heterocycles. The standard InChI is InChI=1S/C28H25NO7/c1-13-8-18(30)10-24(33)25(13)27(34)26-17(6-5-7-22(26)31)9-19-11-23(32)20(28(35)36-19)12-21-15(3)14(2)16(4)29-21/h5-8,10-12,30-33H,9H2,1-4H3. The Morgan fingerprint density at radius 3 is 2.25 bits per heavy atom. The molecule has 0 aliphatic carbocycles. The average Bonchev–Trinajstić information content (AvgIpc) is 3.02. The summed E-state index contributed by atoms with van der Waals surface area (Å²) >= 11 is 0. The van der Waals surface area contributed by atoms with Gasteiger partial charge >= 0.3 is 5.63 Å². The Labute approximate surface area is 206 Å². The fourth-order valence-corrected chi connectivity index (χ4v) is 4.20. The van der Waals surface area contributed by atoms with Gasteiger partial charge in [-0.05, 0) is 68.2 Å². The van der Waals surface area contributed by atoms with Crippen molar-refractivity contribution >= 4 is 17.6 Å². The molecule has 0 saturated carbocycles. The van der Waals surface area contributed by atoms with E-state index in [9.17, 15) is 30.0 Å². The molecule has 8 nitrogen and oxygen atoms in total. The lowest BCUT2D eigenvalue weighted by Gasteiger charge is -2.13. The Kier molecular flexibility index (Phi) is 6.28. The summed E-state index contributed by atoms with van der Waals surface area (Å²) in [7, 11) is 0. The number of carbonyl (C=O) groups excluding carboxylic acids is 1. The molecule has 8 heteroatoms. The first-order valence-corrected chi connectivity index (χ1v) is 11.2. The van der Waals surface area contributed by atoms with Crippen molar-refractivity contribution in [3.8, 4) is 23.0 Å².